The molecule has 0 saturated carbocycles. The van der Waals surface area contributed by atoms with Gasteiger partial charge in [-0.05, 0) is 55.2 Å². The molecule has 0 fully saturated rings. The Labute approximate surface area is 216 Å². The molecule has 0 spiro atoms. The molecule has 2 N–H and O–H groups in total. The minimum absolute atomic E-state index is 0.0527. The van der Waals surface area contributed by atoms with Crippen LogP contribution in [0.3, 0.4) is 0 Å². The first kappa shape index (κ1) is 24.3. The molecule has 1 aliphatic carbocycles. The third-order valence-corrected chi connectivity index (χ3v) is 6.69. The van der Waals surface area contributed by atoms with Gasteiger partial charge in [-0.1, -0.05) is 42.5 Å². The fraction of sp³-hybridized carbons (Fsp3) is 0.233. The average Bonchev–Trinajstić information content (AvgIpc) is 2.92. The second-order valence-electron chi connectivity index (χ2n) is 9.12. The summed E-state index contributed by atoms with van der Waals surface area (Å²) in [6.07, 6.45) is 3.63. The molecule has 0 bridgehead atoms. The fourth-order valence-electron chi connectivity index (χ4n) is 4.96. The lowest BCUT2D eigenvalue weighted by Crippen LogP contribution is -2.35. The van der Waals surface area contributed by atoms with Gasteiger partial charge in [0.05, 0.1) is 7.11 Å². The van der Waals surface area contributed by atoms with E-state index in [9.17, 15) is 9.59 Å². The van der Waals surface area contributed by atoms with Gasteiger partial charge in [-0.2, -0.15) is 0 Å². The molecular weight excluding hydrogens is 466 g/mol. The lowest BCUT2D eigenvalue weighted by atomic mass is 9.75. The normalized spacial score (nSPS) is 17.1. The number of hydrogen-bond acceptors (Lipinski definition) is 6. The van der Waals surface area contributed by atoms with Gasteiger partial charge < -0.3 is 20.1 Å². The smallest absolute Gasteiger partial charge is 0.255 e. The SMILES string of the molecule is COc1ccc(C2C(C(=O)Nc3ccccn3)=C(C)NC3=C2C(=O)CCC3)cc1OCc1ccccc1. The Morgan fingerprint density at radius 1 is 1.05 bits per heavy atom. The third kappa shape index (κ3) is 5.11. The van der Waals surface area contributed by atoms with Crippen LogP contribution in [0.1, 0.15) is 43.2 Å². The molecule has 2 aliphatic rings. The van der Waals surface area contributed by atoms with E-state index in [0.717, 1.165) is 35.4 Å². The van der Waals surface area contributed by atoms with Gasteiger partial charge in [0.1, 0.15) is 12.4 Å². The highest BCUT2D eigenvalue weighted by atomic mass is 16.5. The number of allylic oxidation sites excluding steroid dienone is 3. The van der Waals surface area contributed by atoms with Gasteiger partial charge in [-0.25, -0.2) is 4.98 Å². The monoisotopic (exact) mass is 495 g/mol. The number of nitrogens with one attached hydrogen (secondary N) is 2. The first-order valence-corrected chi connectivity index (χ1v) is 12.4. The molecule has 188 valence electrons. The first-order chi connectivity index (χ1) is 18.0. The van der Waals surface area contributed by atoms with Crippen molar-refractivity contribution in [1.29, 1.82) is 0 Å². The highest BCUT2D eigenvalue weighted by molar-refractivity contribution is 6.09. The molecule has 2 heterocycles. The molecule has 3 aromatic rings. The number of carbonyl (C=O) groups is 2. The molecule has 5 rings (SSSR count). The Balaban J connectivity index is 1.55. The van der Waals surface area contributed by atoms with Crippen molar-refractivity contribution in [3.63, 3.8) is 0 Å². The predicted octanol–water partition coefficient (Wildman–Crippen LogP) is 5.28. The van der Waals surface area contributed by atoms with Crippen molar-refractivity contribution in [3.05, 3.63) is 107 Å². The summed E-state index contributed by atoms with van der Waals surface area (Å²) in [5.41, 5.74) is 4.54. The van der Waals surface area contributed by atoms with E-state index in [0.29, 0.717) is 41.5 Å². The number of pyridine rings is 1. The largest absolute Gasteiger partial charge is 0.493 e. The molecule has 1 atom stereocenters. The van der Waals surface area contributed by atoms with Crippen LogP contribution >= 0.6 is 0 Å². The molecular formula is C30H29N3O4. The molecule has 37 heavy (non-hydrogen) atoms. The van der Waals surface area contributed by atoms with E-state index in [1.165, 1.54) is 0 Å². The van der Waals surface area contributed by atoms with Crippen molar-refractivity contribution in [2.75, 3.05) is 12.4 Å². The number of hydrogen-bond donors (Lipinski definition) is 2. The maximum absolute atomic E-state index is 13.6. The van der Waals surface area contributed by atoms with Gasteiger partial charge in [0.2, 0.25) is 0 Å². The molecule has 7 nitrogen and oxygen atoms in total. The van der Waals surface area contributed by atoms with Crippen molar-refractivity contribution in [2.24, 2.45) is 0 Å². The minimum atomic E-state index is -0.544. The average molecular weight is 496 g/mol. The van der Waals surface area contributed by atoms with E-state index < -0.39 is 5.92 Å². The van der Waals surface area contributed by atoms with Crippen molar-refractivity contribution in [3.8, 4) is 11.5 Å². The maximum Gasteiger partial charge on any atom is 0.255 e. The molecule has 7 heteroatoms. The summed E-state index contributed by atoms with van der Waals surface area (Å²) in [6, 6.07) is 20.8. The van der Waals surface area contributed by atoms with Gasteiger partial charge >= 0.3 is 0 Å². The number of dihydropyridines is 1. The van der Waals surface area contributed by atoms with Crippen LogP contribution in [0.4, 0.5) is 5.82 Å². The lowest BCUT2D eigenvalue weighted by Gasteiger charge is -2.34. The summed E-state index contributed by atoms with van der Waals surface area (Å²) in [5.74, 6) is 0.784. The molecule has 1 amide bonds. The second-order valence-corrected chi connectivity index (χ2v) is 9.12. The van der Waals surface area contributed by atoms with Gasteiger partial charge in [-0.15, -0.1) is 0 Å². The van der Waals surface area contributed by atoms with Crippen molar-refractivity contribution < 1.29 is 19.1 Å². The quantitative estimate of drug-likeness (QED) is 0.464. The Bertz CT molecular complexity index is 1380. The number of ether oxygens (including phenoxy) is 2. The van der Waals surface area contributed by atoms with Gasteiger partial charge in [0, 0.05) is 41.1 Å². The summed E-state index contributed by atoms with van der Waals surface area (Å²) in [7, 11) is 1.59. The van der Waals surface area contributed by atoms with E-state index in [1.54, 1.807) is 25.4 Å². The number of anilines is 1. The molecule has 1 aromatic heterocycles. The van der Waals surface area contributed by atoms with Gasteiger partial charge in [-0.3, -0.25) is 9.59 Å². The number of ketones is 1. The Kier molecular flexibility index (Phi) is 7.03. The van der Waals surface area contributed by atoms with Crippen LogP contribution < -0.4 is 20.1 Å². The third-order valence-electron chi connectivity index (χ3n) is 6.69. The van der Waals surface area contributed by atoms with Crippen molar-refractivity contribution >= 4 is 17.5 Å². The predicted molar refractivity (Wildman–Crippen MR) is 141 cm³/mol. The number of rotatable bonds is 7. The summed E-state index contributed by atoms with van der Waals surface area (Å²) in [5, 5.41) is 6.25. The minimum Gasteiger partial charge on any atom is -0.493 e. The summed E-state index contributed by atoms with van der Waals surface area (Å²) in [6.45, 7) is 2.24. The number of amides is 1. The van der Waals surface area contributed by atoms with Crippen LogP contribution in [0.2, 0.25) is 0 Å². The maximum atomic E-state index is 13.6. The molecule has 2 aromatic carbocycles. The Hall–Kier alpha value is -4.39. The molecule has 1 unspecified atom stereocenters. The van der Waals surface area contributed by atoms with E-state index >= 15 is 0 Å². The summed E-state index contributed by atoms with van der Waals surface area (Å²) < 4.78 is 11.7. The number of carbonyl (C=O) groups excluding carboxylic acids is 2. The lowest BCUT2D eigenvalue weighted by molar-refractivity contribution is -0.116. The van der Waals surface area contributed by atoms with E-state index in [1.807, 2.05) is 61.5 Å². The zero-order valence-corrected chi connectivity index (χ0v) is 20.9. The van der Waals surface area contributed by atoms with Crippen molar-refractivity contribution in [1.82, 2.24) is 10.3 Å². The van der Waals surface area contributed by atoms with Crippen LogP contribution in [0.15, 0.2) is 95.5 Å². The van der Waals surface area contributed by atoms with Gasteiger partial charge in [0.15, 0.2) is 17.3 Å². The Morgan fingerprint density at radius 2 is 1.86 bits per heavy atom. The molecule has 0 radical (unpaired) electrons. The van der Waals surface area contributed by atoms with Crippen LogP contribution in [0.5, 0.6) is 11.5 Å². The van der Waals surface area contributed by atoms with Gasteiger partial charge in [0.25, 0.3) is 5.91 Å². The topological polar surface area (TPSA) is 89.5 Å². The number of aromatic nitrogens is 1. The number of methoxy groups -OCH3 is 1. The van der Waals surface area contributed by atoms with Crippen LogP contribution in [0.25, 0.3) is 0 Å². The van der Waals surface area contributed by atoms with Crippen molar-refractivity contribution in [2.45, 2.75) is 38.7 Å². The summed E-state index contributed by atoms with van der Waals surface area (Å²) >= 11 is 0. The highest BCUT2D eigenvalue weighted by Gasteiger charge is 2.38. The molecule has 0 saturated heterocycles. The zero-order chi connectivity index (χ0) is 25.8. The first-order valence-electron chi connectivity index (χ1n) is 12.4. The number of nitrogens with zero attached hydrogens (tertiary/aromatic N) is 1. The van der Waals surface area contributed by atoms with Crippen LogP contribution in [0, 0.1) is 0 Å². The van der Waals surface area contributed by atoms with E-state index in [2.05, 4.69) is 15.6 Å². The van der Waals surface area contributed by atoms with Crippen LogP contribution in [-0.2, 0) is 16.2 Å². The van der Waals surface area contributed by atoms with Crippen LogP contribution in [-0.4, -0.2) is 23.8 Å². The Morgan fingerprint density at radius 3 is 2.62 bits per heavy atom. The fourth-order valence-corrected chi connectivity index (χ4v) is 4.96. The number of Topliss-reactive ketones (excluding diaryl/α,β-unsaturated/α-hetero) is 1. The second kappa shape index (κ2) is 10.7. The number of benzene rings is 2. The van der Waals surface area contributed by atoms with E-state index in [-0.39, 0.29) is 11.7 Å². The zero-order valence-electron chi connectivity index (χ0n) is 20.9. The standard InChI is InChI=1S/C30H29N3O4/c1-19-27(30(35)33-26-13-6-7-16-31-26)28(29-22(32-19)11-8-12-23(29)34)21-14-15-24(36-2)25(17-21)37-18-20-9-4-3-5-10-20/h3-7,9-10,13-17,28,32H,8,11-12,18H2,1-2H3,(H,31,33,35). The molecule has 1 aliphatic heterocycles. The summed E-state index contributed by atoms with van der Waals surface area (Å²) in [4.78, 5) is 31.1. The highest BCUT2D eigenvalue weighted by Crippen LogP contribution is 2.44. The van der Waals surface area contributed by atoms with E-state index in [4.69, 9.17) is 9.47 Å².